The molecular weight excluding hydrogens is 497 g/mol. The molecule has 1 aliphatic heterocycles. The van der Waals surface area contributed by atoms with Crippen molar-refractivity contribution in [3.8, 4) is 0 Å². The van der Waals surface area contributed by atoms with Crippen molar-refractivity contribution in [2.45, 2.75) is 45.3 Å². The third-order valence-electron chi connectivity index (χ3n) is 4.90. The molecule has 0 unspecified atom stereocenters. The number of carbonyl (C=O) groups is 1. The van der Waals surface area contributed by atoms with Crippen molar-refractivity contribution in [1.82, 2.24) is 20.4 Å². The summed E-state index contributed by atoms with van der Waals surface area (Å²) < 4.78 is 11.0. The van der Waals surface area contributed by atoms with Crippen molar-refractivity contribution in [3.63, 3.8) is 0 Å². The second-order valence-corrected chi connectivity index (χ2v) is 7.89. The maximum atomic E-state index is 11.9. The van der Waals surface area contributed by atoms with Gasteiger partial charge in [-0.15, -0.1) is 24.0 Å². The second kappa shape index (κ2) is 14.6. The van der Waals surface area contributed by atoms with Gasteiger partial charge in [0.25, 0.3) is 0 Å². The standard InChI is InChI=1S/C21H37N5O3.HI/c1-17(2)28-15-13-26-11-8-18(9-12-26)24-21(23-16-20(27)25(3)4)22-10-7-19-6-5-14-29-19;/h5-6,14,17-18H,7-13,15-16H2,1-4H3,(H2,22,23,24);1H. The first-order valence-corrected chi connectivity index (χ1v) is 10.6. The molecule has 0 bridgehead atoms. The summed E-state index contributed by atoms with van der Waals surface area (Å²) in [6, 6.07) is 4.19. The van der Waals surface area contributed by atoms with Crippen LogP contribution in [-0.4, -0.2) is 87.2 Å². The van der Waals surface area contributed by atoms with Crippen LogP contribution in [0.25, 0.3) is 0 Å². The van der Waals surface area contributed by atoms with Crippen LogP contribution in [0.15, 0.2) is 27.8 Å². The molecule has 1 aromatic rings. The molecule has 2 heterocycles. The Hall–Kier alpha value is -1.33. The van der Waals surface area contributed by atoms with E-state index in [1.807, 2.05) is 12.1 Å². The minimum atomic E-state index is -0.0166. The van der Waals surface area contributed by atoms with Gasteiger partial charge >= 0.3 is 0 Å². The van der Waals surface area contributed by atoms with Gasteiger partial charge in [0.1, 0.15) is 12.3 Å². The molecule has 30 heavy (non-hydrogen) atoms. The maximum absolute atomic E-state index is 11.9. The topological polar surface area (TPSA) is 82.3 Å². The van der Waals surface area contributed by atoms with E-state index in [0.29, 0.717) is 18.5 Å². The van der Waals surface area contributed by atoms with Crippen molar-refractivity contribution in [2.75, 3.05) is 53.4 Å². The molecule has 1 aromatic heterocycles. The Bertz CT molecular complexity index is 614. The molecule has 2 N–H and O–H groups in total. The Morgan fingerprint density at radius 2 is 2.10 bits per heavy atom. The van der Waals surface area contributed by atoms with Crippen molar-refractivity contribution < 1.29 is 13.9 Å². The first kappa shape index (κ1) is 26.7. The minimum absolute atomic E-state index is 0. The first-order chi connectivity index (χ1) is 13.9. The smallest absolute Gasteiger partial charge is 0.243 e. The lowest BCUT2D eigenvalue weighted by molar-refractivity contribution is -0.127. The van der Waals surface area contributed by atoms with E-state index < -0.39 is 0 Å². The normalized spacial score (nSPS) is 15.7. The van der Waals surface area contributed by atoms with Gasteiger partial charge in [0.05, 0.1) is 19.0 Å². The molecule has 8 nitrogen and oxygen atoms in total. The average Bonchev–Trinajstić information content (AvgIpc) is 3.20. The molecule has 0 aromatic carbocycles. The maximum Gasteiger partial charge on any atom is 0.243 e. The van der Waals surface area contributed by atoms with Crippen molar-refractivity contribution in [3.05, 3.63) is 24.2 Å². The van der Waals surface area contributed by atoms with E-state index in [2.05, 4.69) is 34.4 Å². The summed E-state index contributed by atoms with van der Waals surface area (Å²) >= 11 is 0. The number of likely N-dealkylation sites (N-methyl/N-ethyl adjacent to an activating group) is 1. The summed E-state index contributed by atoms with van der Waals surface area (Å²) in [5, 5.41) is 6.84. The molecule has 172 valence electrons. The van der Waals surface area contributed by atoms with Gasteiger partial charge in [-0.3, -0.25) is 4.79 Å². The third-order valence-corrected chi connectivity index (χ3v) is 4.90. The molecule has 0 saturated carbocycles. The van der Waals surface area contributed by atoms with E-state index in [4.69, 9.17) is 9.15 Å². The monoisotopic (exact) mass is 535 g/mol. The molecule has 1 amide bonds. The zero-order valence-corrected chi connectivity index (χ0v) is 21.1. The highest BCUT2D eigenvalue weighted by atomic mass is 127. The zero-order chi connectivity index (χ0) is 21.1. The van der Waals surface area contributed by atoms with E-state index in [1.165, 1.54) is 0 Å². The fourth-order valence-electron chi connectivity index (χ4n) is 3.11. The highest BCUT2D eigenvalue weighted by Gasteiger charge is 2.20. The van der Waals surface area contributed by atoms with E-state index in [-0.39, 0.29) is 42.5 Å². The second-order valence-electron chi connectivity index (χ2n) is 7.89. The molecule has 0 aliphatic carbocycles. The predicted octanol–water partition coefficient (Wildman–Crippen LogP) is 1.95. The van der Waals surface area contributed by atoms with Gasteiger partial charge < -0.3 is 29.6 Å². The van der Waals surface area contributed by atoms with Gasteiger partial charge in [-0.2, -0.15) is 0 Å². The van der Waals surface area contributed by atoms with Gasteiger partial charge in [0, 0.05) is 52.7 Å². The van der Waals surface area contributed by atoms with Gasteiger partial charge in [-0.1, -0.05) is 0 Å². The Balaban J connectivity index is 0.00000450. The Morgan fingerprint density at radius 3 is 2.70 bits per heavy atom. The number of halogens is 1. The summed E-state index contributed by atoms with van der Waals surface area (Å²) in [7, 11) is 3.49. The number of piperidine rings is 1. The minimum Gasteiger partial charge on any atom is -0.469 e. The van der Waals surface area contributed by atoms with E-state index in [9.17, 15) is 4.79 Å². The number of carbonyl (C=O) groups excluding carboxylic acids is 1. The van der Waals surface area contributed by atoms with Crippen molar-refractivity contribution >= 4 is 35.8 Å². The van der Waals surface area contributed by atoms with Crippen LogP contribution in [0, 0.1) is 0 Å². The molecule has 1 aliphatic rings. The quantitative estimate of drug-likeness (QED) is 0.271. The van der Waals surface area contributed by atoms with Crippen LogP contribution in [0.1, 0.15) is 32.4 Å². The van der Waals surface area contributed by atoms with Crippen LogP contribution in [0.4, 0.5) is 0 Å². The lowest BCUT2D eigenvalue weighted by Gasteiger charge is -2.33. The Morgan fingerprint density at radius 1 is 1.37 bits per heavy atom. The van der Waals surface area contributed by atoms with Crippen LogP contribution in [0.3, 0.4) is 0 Å². The number of hydrogen-bond donors (Lipinski definition) is 2. The van der Waals surface area contributed by atoms with E-state index in [0.717, 1.165) is 51.3 Å². The number of likely N-dealkylation sites (tertiary alicyclic amines) is 1. The molecule has 0 spiro atoms. The lowest BCUT2D eigenvalue weighted by atomic mass is 10.1. The summed E-state index contributed by atoms with van der Waals surface area (Å²) in [4.78, 5) is 20.4. The molecule has 1 fully saturated rings. The molecule has 9 heteroatoms. The molecule has 1 saturated heterocycles. The number of ether oxygens (including phenoxy) is 1. The number of rotatable bonds is 10. The third kappa shape index (κ3) is 10.6. The zero-order valence-electron chi connectivity index (χ0n) is 18.7. The highest BCUT2D eigenvalue weighted by Crippen LogP contribution is 2.10. The van der Waals surface area contributed by atoms with Crippen LogP contribution >= 0.6 is 24.0 Å². The Labute approximate surface area is 197 Å². The average molecular weight is 535 g/mol. The Kier molecular flexibility index (Phi) is 13.0. The highest BCUT2D eigenvalue weighted by molar-refractivity contribution is 14.0. The molecule has 2 rings (SSSR count). The number of nitrogens with zero attached hydrogens (tertiary/aromatic N) is 3. The molecule has 0 atom stereocenters. The van der Waals surface area contributed by atoms with Crippen LogP contribution in [0.2, 0.25) is 0 Å². The number of aliphatic imine (C=N–C) groups is 1. The fourth-order valence-corrected chi connectivity index (χ4v) is 3.11. The predicted molar refractivity (Wildman–Crippen MR) is 131 cm³/mol. The molecular formula is C21H38IN5O3. The van der Waals surface area contributed by atoms with Crippen LogP contribution in [0.5, 0.6) is 0 Å². The van der Waals surface area contributed by atoms with Crippen molar-refractivity contribution in [2.24, 2.45) is 4.99 Å². The van der Waals surface area contributed by atoms with E-state index >= 15 is 0 Å². The number of guanidine groups is 1. The van der Waals surface area contributed by atoms with Gasteiger partial charge in [0.2, 0.25) is 5.91 Å². The SMILES string of the molecule is CC(C)OCCN1CCC(NC(=NCC(=O)N(C)C)NCCc2ccco2)CC1.I. The number of amides is 1. The summed E-state index contributed by atoms with van der Waals surface area (Å²) in [6.07, 6.45) is 4.82. The number of nitrogens with one attached hydrogen (secondary N) is 2. The largest absolute Gasteiger partial charge is 0.469 e. The fraction of sp³-hybridized carbons (Fsp3) is 0.714. The van der Waals surface area contributed by atoms with Crippen molar-refractivity contribution in [1.29, 1.82) is 0 Å². The van der Waals surface area contributed by atoms with E-state index in [1.54, 1.807) is 25.3 Å². The summed E-state index contributed by atoms with van der Waals surface area (Å²) in [5.41, 5.74) is 0. The van der Waals surface area contributed by atoms with Crippen LogP contribution in [-0.2, 0) is 16.0 Å². The lowest BCUT2D eigenvalue weighted by Crippen LogP contribution is -2.49. The van der Waals surface area contributed by atoms with Gasteiger partial charge in [-0.25, -0.2) is 4.99 Å². The number of hydrogen-bond acceptors (Lipinski definition) is 5. The summed E-state index contributed by atoms with van der Waals surface area (Å²) in [5.74, 6) is 1.60. The van der Waals surface area contributed by atoms with Gasteiger partial charge in [-0.05, 0) is 38.8 Å². The number of furan rings is 1. The summed E-state index contributed by atoms with van der Waals surface area (Å²) in [6.45, 7) is 8.79. The molecule has 0 radical (unpaired) electrons. The van der Waals surface area contributed by atoms with Gasteiger partial charge in [0.15, 0.2) is 5.96 Å². The van der Waals surface area contributed by atoms with Crippen LogP contribution < -0.4 is 10.6 Å². The first-order valence-electron chi connectivity index (χ1n) is 10.6.